The van der Waals surface area contributed by atoms with E-state index in [0.717, 1.165) is 6.42 Å². The van der Waals surface area contributed by atoms with Gasteiger partial charge >= 0.3 is 11.9 Å². The zero-order chi connectivity index (χ0) is 11.6. The Bertz CT molecular complexity index is 274. The number of carboxylic acid groups (broad SMARTS) is 1. The minimum absolute atomic E-state index is 0.00958. The zero-order valence-electron chi connectivity index (χ0n) is 9.45. The van der Waals surface area contributed by atoms with E-state index in [-0.39, 0.29) is 12.3 Å². The van der Waals surface area contributed by atoms with Crippen LogP contribution >= 0.6 is 0 Å². The molecule has 0 spiro atoms. The minimum Gasteiger partial charge on any atom is -0.481 e. The molecule has 0 radical (unpaired) electrons. The van der Waals surface area contributed by atoms with Gasteiger partial charge in [0.05, 0.1) is 18.9 Å². The molecule has 0 amide bonds. The van der Waals surface area contributed by atoms with Crippen molar-refractivity contribution >= 4 is 11.9 Å². The number of carbonyl (C=O) groups is 2. The molecular weight excluding hydrogens is 196 g/mol. The first-order chi connectivity index (χ1) is 6.92. The second-order valence-electron chi connectivity index (χ2n) is 4.66. The van der Waals surface area contributed by atoms with Crippen molar-refractivity contribution in [1.29, 1.82) is 0 Å². The Morgan fingerprint density at radius 2 is 2.07 bits per heavy atom. The van der Waals surface area contributed by atoms with Gasteiger partial charge in [0.25, 0.3) is 0 Å². The average molecular weight is 214 g/mol. The molecule has 1 aliphatic carbocycles. The molecule has 4 nitrogen and oxygen atoms in total. The van der Waals surface area contributed by atoms with Gasteiger partial charge in [-0.25, -0.2) is 0 Å². The smallest absolute Gasteiger partial charge is 0.310 e. The van der Waals surface area contributed by atoms with Crippen molar-refractivity contribution in [3.8, 4) is 0 Å². The molecule has 0 aromatic heterocycles. The minimum atomic E-state index is -0.910. The number of carboxylic acids is 1. The van der Waals surface area contributed by atoms with Crippen LogP contribution in [0, 0.1) is 17.3 Å². The van der Waals surface area contributed by atoms with E-state index in [1.54, 1.807) is 0 Å². The van der Waals surface area contributed by atoms with Crippen LogP contribution < -0.4 is 0 Å². The summed E-state index contributed by atoms with van der Waals surface area (Å²) in [5.74, 6) is -0.909. The van der Waals surface area contributed by atoms with Gasteiger partial charge in [0.15, 0.2) is 0 Å². The molecule has 1 saturated carbocycles. The number of methoxy groups -OCH3 is 1. The Morgan fingerprint density at radius 3 is 2.40 bits per heavy atom. The highest BCUT2D eigenvalue weighted by atomic mass is 16.5. The van der Waals surface area contributed by atoms with Crippen LogP contribution in [-0.2, 0) is 14.3 Å². The van der Waals surface area contributed by atoms with E-state index in [1.807, 2.05) is 13.8 Å². The molecule has 4 heteroatoms. The van der Waals surface area contributed by atoms with Gasteiger partial charge in [-0.15, -0.1) is 0 Å². The predicted octanol–water partition coefficient (Wildman–Crippen LogP) is 1.69. The van der Waals surface area contributed by atoms with Crippen LogP contribution in [0.5, 0.6) is 0 Å². The monoisotopic (exact) mass is 214 g/mol. The highest BCUT2D eigenvalue weighted by molar-refractivity contribution is 5.82. The van der Waals surface area contributed by atoms with Gasteiger partial charge in [0.2, 0.25) is 0 Å². The van der Waals surface area contributed by atoms with Crippen LogP contribution in [0.25, 0.3) is 0 Å². The van der Waals surface area contributed by atoms with Crippen LogP contribution in [0.2, 0.25) is 0 Å². The molecule has 86 valence electrons. The Hall–Kier alpha value is -1.06. The summed E-state index contributed by atoms with van der Waals surface area (Å²) in [7, 11) is 1.29. The number of hydrogen-bond acceptors (Lipinski definition) is 3. The topological polar surface area (TPSA) is 63.6 Å². The number of rotatable bonds is 3. The van der Waals surface area contributed by atoms with Gasteiger partial charge in [-0.05, 0) is 24.7 Å². The molecule has 1 fully saturated rings. The summed E-state index contributed by atoms with van der Waals surface area (Å²) in [6.07, 6.45) is 1.42. The first kappa shape index (κ1) is 12.0. The molecule has 1 N–H and O–H groups in total. The summed E-state index contributed by atoms with van der Waals surface area (Å²) in [4.78, 5) is 22.6. The fraction of sp³-hybridized carbons (Fsp3) is 0.818. The third-order valence-electron chi connectivity index (χ3n) is 3.53. The molecular formula is C11H18O4. The number of carbonyl (C=O) groups excluding carboxylic acids is 1. The molecule has 15 heavy (non-hydrogen) atoms. The van der Waals surface area contributed by atoms with Crippen molar-refractivity contribution in [3.63, 3.8) is 0 Å². The summed E-state index contributed by atoms with van der Waals surface area (Å²) < 4.78 is 4.57. The summed E-state index contributed by atoms with van der Waals surface area (Å²) in [5, 5.41) is 9.29. The van der Waals surface area contributed by atoms with Crippen LogP contribution in [0.4, 0.5) is 0 Å². The third-order valence-corrected chi connectivity index (χ3v) is 3.53. The van der Waals surface area contributed by atoms with E-state index in [1.165, 1.54) is 7.11 Å². The van der Waals surface area contributed by atoms with Crippen LogP contribution in [0.15, 0.2) is 0 Å². The van der Waals surface area contributed by atoms with Crippen LogP contribution in [-0.4, -0.2) is 24.2 Å². The van der Waals surface area contributed by atoms with Gasteiger partial charge in [0.1, 0.15) is 0 Å². The maximum Gasteiger partial charge on any atom is 0.310 e. The second kappa shape index (κ2) is 4.21. The molecule has 0 aromatic rings. The van der Waals surface area contributed by atoms with Crippen molar-refractivity contribution in [2.45, 2.75) is 33.1 Å². The van der Waals surface area contributed by atoms with E-state index in [2.05, 4.69) is 4.74 Å². The molecule has 0 bridgehead atoms. The number of aliphatic carboxylic acids is 1. The van der Waals surface area contributed by atoms with Gasteiger partial charge in [0, 0.05) is 0 Å². The third kappa shape index (κ3) is 2.13. The predicted molar refractivity (Wildman–Crippen MR) is 54.3 cm³/mol. The largest absolute Gasteiger partial charge is 0.481 e. The van der Waals surface area contributed by atoms with Gasteiger partial charge in [-0.3, -0.25) is 9.59 Å². The molecule has 0 heterocycles. The number of hydrogen-bond donors (Lipinski definition) is 1. The van der Waals surface area contributed by atoms with Crippen molar-refractivity contribution in [2.75, 3.05) is 7.11 Å². The highest BCUT2D eigenvalue weighted by Crippen LogP contribution is 2.49. The van der Waals surface area contributed by atoms with E-state index in [4.69, 9.17) is 0 Å². The van der Waals surface area contributed by atoms with Crippen molar-refractivity contribution in [2.24, 2.45) is 17.3 Å². The molecule has 3 atom stereocenters. The van der Waals surface area contributed by atoms with Gasteiger partial charge in [-0.1, -0.05) is 13.8 Å². The normalized spacial score (nSPS) is 35.1. The Kier molecular flexibility index (Phi) is 3.37. The van der Waals surface area contributed by atoms with Gasteiger partial charge < -0.3 is 9.84 Å². The number of ether oxygens (including phenoxy) is 1. The van der Waals surface area contributed by atoms with E-state index in [9.17, 15) is 14.7 Å². The molecule has 1 aliphatic rings. The second-order valence-corrected chi connectivity index (χ2v) is 4.66. The van der Waals surface area contributed by atoms with Crippen molar-refractivity contribution in [1.82, 2.24) is 0 Å². The maximum absolute atomic E-state index is 11.3. The standard InChI is InChI=1S/C11H18O4/c1-7-4-8(2)11(5-7,10(13)14)6-9(12)15-3/h7-8H,4-6H2,1-3H3,(H,13,14). The SMILES string of the molecule is COC(=O)CC1(C(=O)O)CC(C)CC1C. The number of esters is 1. The van der Waals surface area contributed by atoms with E-state index in [0.29, 0.717) is 12.3 Å². The lowest BCUT2D eigenvalue weighted by Gasteiger charge is -2.27. The molecule has 3 unspecified atom stereocenters. The average Bonchev–Trinajstić information content (AvgIpc) is 2.42. The Morgan fingerprint density at radius 1 is 1.47 bits per heavy atom. The molecule has 1 rings (SSSR count). The fourth-order valence-electron chi connectivity index (χ4n) is 2.69. The van der Waals surface area contributed by atoms with E-state index >= 15 is 0 Å². The first-order valence-electron chi connectivity index (χ1n) is 5.22. The summed E-state index contributed by atoms with van der Waals surface area (Å²) in [6.45, 7) is 3.93. The lowest BCUT2D eigenvalue weighted by molar-refractivity contribution is -0.159. The molecule has 0 aliphatic heterocycles. The lowest BCUT2D eigenvalue weighted by atomic mass is 9.76. The Balaban J connectivity index is 2.89. The van der Waals surface area contributed by atoms with Crippen molar-refractivity contribution in [3.05, 3.63) is 0 Å². The van der Waals surface area contributed by atoms with Crippen LogP contribution in [0.1, 0.15) is 33.1 Å². The first-order valence-corrected chi connectivity index (χ1v) is 5.22. The molecule has 0 saturated heterocycles. The van der Waals surface area contributed by atoms with Gasteiger partial charge in [-0.2, -0.15) is 0 Å². The summed E-state index contributed by atoms with van der Waals surface area (Å²) in [6, 6.07) is 0. The zero-order valence-corrected chi connectivity index (χ0v) is 9.45. The lowest BCUT2D eigenvalue weighted by Crippen LogP contribution is -2.36. The molecule has 0 aromatic carbocycles. The quantitative estimate of drug-likeness (QED) is 0.726. The fourth-order valence-corrected chi connectivity index (χ4v) is 2.69. The highest BCUT2D eigenvalue weighted by Gasteiger charge is 2.51. The summed E-state index contributed by atoms with van der Waals surface area (Å²) >= 11 is 0. The summed E-state index contributed by atoms with van der Waals surface area (Å²) in [5.41, 5.74) is -0.910. The van der Waals surface area contributed by atoms with E-state index < -0.39 is 17.4 Å². The van der Waals surface area contributed by atoms with Crippen LogP contribution in [0.3, 0.4) is 0 Å². The van der Waals surface area contributed by atoms with Crippen molar-refractivity contribution < 1.29 is 19.4 Å². The maximum atomic E-state index is 11.3. The Labute approximate surface area is 89.6 Å².